The Morgan fingerprint density at radius 1 is 1.37 bits per heavy atom. The molecule has 1 amide bonds. The summed E-state index contributed by atoms with van der Waals surface area (Å²) < 4.78 is 0. The van der Waals surface area contributed by atoms with Crippen molar-refractivity contribution in [1.29, 1.82) is 0 Å². The Hall–Kier alpha value is -0.750. The maximum atomic E-state index is 12.6. The maximum absolute atomic E-state index is 12.6. The quantitative estimate of drug-likeness (QED) is 0.812. The molecule has 1 saturated carbocycles. The Bertz CT molecular complexity index is 390. The molecule has 6 heteroatoms. The van der Waals surface area contributed by atoms with Crippen LogP contribution in [0.3, 0.4) is 0 Å². The predicted molar refractivity (Wildman–Crippen MR) is 74.7 cm³/mol. The molecule has 3 atom stereocenters. The summed E-state index contributed by atoms with van der Waals surface area (Å²) in [5.41, 5.74) is 5.67. The third-order valence-electron chi connectivity index (χ3n) is 3.80. The van der Waals surface area contributed by atoms with Gasteiger partial charge in [-0.1, -0.05) is 20.8 Å². The molecule has 1 aliphatic heterocycles. The Kier molecular flexibility index (Phi) is 3.84. The minimum atomic E-state index is -0.926. The highest BCUT2D eigenvalue weighted by atomic mass is 32.2. The van der Waals surface area contributed by atoms with Crippen LogP contribution in [0.5, 0.6) is 0 Å². The van der Waals surface area contributed by atoms with E-state index >= 15 is 0 Å². The van der Waals surface area contributed by atoms with Crippen molar-refractivity contribution in [2.45, 2.75) is 51.1 Å². The van der Waals surface area contributed by atoms with Gasteiger partial charge in [-0.2, -0.15) is 0 Å². The van der Waals surface area contributed by atoms with Gasteiger partial charge >= 0.3 is 5.97 Å². The van der Waals surface area contributed by atoms with Gasteiger partial charge < -0.3 is 15.7 Å². The van der Waals surface area contributed by atoms with E-state index in [2.05, 4.69) is 0 Å². The number of hydrogen-bond donors (Lipinski definition) is 2. The van der Waals surface area contributed by atoms with Gasteiger partial charge in [0.15, 0.2) is 0 Å². The summed E-state index contributed by atoms with van der Waals surface area (Å²) >= 11 is 1.58. The lowest BCUT2D eigenvalue weighted by molar-refractivity contribution is -0.151. The van der Waals surface area contributed by atoms with E-state index in [9.17, 15) is 14.7 Å². The number of rotatable bonds is 3. The molecule has 0 aromatic heterocycles. The molecule has 108 valence electrons. The van der Waals surface area contributed by atoms with Gasteiger partial charge in [0.05, 0.1) is 11.4 Å². The highest BCUT2D eigenvalue weighted by Crippen LogP contribution is 2.46. The van der Waals surface area contributed by atoms with Gasteiger partial charge in [0.25, 0.3) is 0 Å². The Morgan fingerprint density at radius 2 is 1.95 bits per heavy atom. The number of carboxylic acids is 1. The molecule has 1 aliphatic carbocycles. The van der Waals surface area contributed by atoms with Crippen LogP contribution in [-0.2, 0) is 9.59 Å². The molecule has 1 heterocycles. The maximum Gasteiger partial charge on any atom is 0.327 e. The number of nitrogens with zero attached hydrogens (tertiary/aromatic N) is 1. The number of amides is 1. The first-order valence-electron chi connectivity index (χ1n) is 6.65. The summed E-state index contributed by atoms with van der Waals surface area (Å²) in [6.07, 6.45) is 2.16. The van der Waals surface area contributed by atoms with Crippen LogP contribution in [0.25, 0.3) is 0 Å². The third-order valence-corrected chi connectivity index (χ3v) is 5.26. The Labute approximate surface area is 117 Å². The number of carbonyl (C=O) groups is 2. The smallest absolute Gasteiger partial charge is 0.327 e. The molecule has 2 unspecified atom stereocenters. The van der Waals surface area contributed by atoms with Gasteiger partial charge in [0.2, 0.25) is 5.91 Å². The van der Waals surface area contributed by atoms with E-state index in [1.807, 2.05) is 20.8 Å². The van der Waals surface area contributed by atoms with E-state index in [0.29, 0.717) is 11.7 Å². The molecule has 0 bridgehead atoms. The van der Waals surface area contributed by atoms with E-state index in [4.69, 9.17) is 5.73 Å². The summed E-state index contributed by atoms with van der Waals surface area (Å²) in [6, 6.07) is -1.38. The largest absolute Gasteiger partial charge is 0.480 e. The van der Waals surface area contributed by atoms with Crippen LogP contribution in [0.4, 0.5) is 0 Å². The van der Waals surface area contributed by atoms with Crippen LogP contribution in [0.1, 0.15) is 33.6 Å². The first-order valence-corrected chi connectivity index (χ1v) is 7.70. The van der Waals surface area contributed by atoms with E-state index in [-0.39, 0.29) is 16.7 Å². The Balaban J connectivity index is 2.20. The van der Waals surface area contributed by atoms with Crippen molar-refractivity contribution in [2.75, 3.05) is 5.75 Å². The second-order valence-corrected chi connectivity index (χ2v) is 7.65. The lowest BCUT2D eigenvalue weighted by Gasteiger charge is -2.34. The standard InChI is InChI=1S/C13H22N2O3S/c1-13(2,3)9(14)10(16)15-8(12(17)18)6-19-11(15)7-4-5-7/h7-9,11H,4-6,14H2,1-3H3,(H,17,18)/t8?,9-,11?/m1/s1. The average molecular weight is 286 g/mol. The summed E-state index contributed by atoms with van der Waals surface area (Å²) in [5, 5.41) is 9.29. The zero-order valence-electron chi connectivity index (χ0n) is 11.6. The number of carbonyl (C=O) groups excluding carboxylic acids is 1. The van der Waals surface area contributed by atoms with Gasteiger partial charge in [-0.3, -0.25) is 4.79 Å². The van der Waals surface area contributed by atoms with Crippen molar-refractivity contribution >= 4 is 23.6 Å². The van der Waals surface area contributed by atoms with Crippen LogP contribution in [0.15, 0.2) is 0 Å². The predicted octanol–water partition coefficient (Wildman–Crippen LogP) is 1.12. The molecular weight excluding hydrogens is 264 g/mol. The fourth-order valence-electron chi connectivity index (χ4n) is 2.27. The van der Waals surface area contributed by atoms with Gasteiger partial charge in [-0.15, -0.1) is 11.8 Å². The third kappa shape index (κ3) is 2.89. The highest BCUT2D eigenvalue weighted by Gasteiger charge is 2.49. The number of thioether (sulfide) groups is 1. The highest BCUT2D eigenvalue weighted by molar-refractivity contribution is 8.00. The van der Waals surface area contributed by atoms with Crippen molar-refractivity contribution in [3.63, 3.8) is 0 Å². The van der Waals surface area contributed by atoms with Crippen LogP contribution in [0.2, 0.25) is 0 Å². The average Bonchev–Trinajstić information content (AvgIpc) is 3.04. The zero-order valence-corrected chi connectivity index (χ0v) is 12.4. The zero-order chi connectivity index (χ0) is 14.4. The summed E-state index contributed by atoms with van der Waals surface area (Å²) in [4.78, 5) is 25.4. The molecule has 2 rings (SSSR count). The monoisotopic (exact) mass is 286 g/mol. The van der Waals surface area contributed by atoms with Crippen LogP contribution >= 0.6 is 11.8 Å². The molecular formula is C13H22N2O3S. The first kappa shape index (κ1) is 14.7. The van der Waals surface area contributed by atoms with Crippen LogP contribution < -0.4 is 5.73 Å². The normalized spacial score (nSPS) is 29.4. The molecule has 1 saturated heterocycles. The molecule has 0 aromatic carbocycles. The topological polar surface area (TPSA) is 83.6 Å². The van der Waals surface area contributed by atoms with Crippen molar-refractivity contribution in [1.82, 2.24) is 4.90 Å². The van der Waals surface area contributed by atoms with E-state index in [0.717, 1.165) is 12.8 Å². The second kappa shape index (κ2) is 4.98. The van der Waals surface area contributed by atoms with Crippen LogP contribution in [0, 0.1) is 11.3 Å². The number of hydrogen-bond acceptors (Lipinski definition) is 4. The van der Waals surface area contributed by atoms with Crippen molar-refractivity contribution in [3.05, 3.63) is 0 Å². The van der Waals surface area contributed by atoms with Crippen molar-refractivity contribution < 1.29 is 14.7 Å². The van der Waals surface area contributed by atoms with Gasteiger partial charge in [0, 0.05) is 5.75 Å². The second-order valence-electron chi connectivity index (χ2n) is 6.50. The summed E-state index contributed by atoms with van der Waals surface area (Å²) in [5.74, 6) is -0.226. The lowest BCUT2D eigenvalue weighted by Crippen LogP contribution is -2.56. The van der Waals surface area contributed by atoms with Crippen molar-refractivity contribution in [2.24, 2.45) is 17.1 Å². The van der Waals surface area contributed by atoms with Crippen LogP contribution in [-0.4, -0.2) is 45.1 Å². The SMILES string of the molecule is CC(C)(C)[C@H](N)C(=O)N1C(C(=O)O)CSC1C1CC1. The molecule has 5 nitrogen and oxygen atoms in total. The van der Waals surface area contributed by atoms with Gasteiger partial charge in [-0.25, -0.2) is 4.79 Å². The summed E-state index contributed by atoms with van der Waals surface area (Å²) in [6.45, 7) is 5.71. The Morgan fingerprint density at radius 3 is 2.37 bits per heavy atom. The summed E-state index contributed by atoms with van der Waals surface area (Å²) in [7, 11) is 0. The number of nitrogens with two attached hydrogens (primary N) is 1. The van der Waals surface area contributed by atoms with E-state index < -0.39 is 18.1 Å². The molecule has 0 radical (unpaired) electrons. The van der Waals surface area contributed by atoms with Gasteiger partial charge in [-0.05, 0) is 24.2 Å². The van der Waals surface area contributed by atoms with Crippen molar-refractivity contribution in [3.8, 4) is 0 Å². The minimum absolute atomic E-state index is 0.00185. The molecule has 2 fully saturated rings. The number of carboxylic acid groups (broad SMARTS) is 1. The fourth-order valence-corrected chi connectivity index (χ4v) is 3.91. The molecule has 19 heavy (non-hydrogen) atoms. The fraction of sp³-hybridized carbons (Fsp3) is 0.846. The molecule has 2 aliphatic rings. The molecule has 0 aromatic rings. The lowest BCUT2D eigenvalue weighted by atomic mass is 9.86. The number of aliphatic carboxylic acids is 1. The van der Waals surface area contributed by atoms with E-state index in [1.165, 1.54) is 0 Å². The van der Waals surface area contributed by atoms with Gasteiger partial charge in [0.1, 0.15) is 6.04 Å². The first-order chi connectivity index (χ1) is 8.73. The minimum Gasteiger partial charge on any atom is -0.480 e. The molecule has 0 spiro atoms. The molecule has 3 N–H and O–H groups in total. The van der Waals surface area contributed by atoms with E-state index in [1.54, 1.807) is 16.7 Å².